The molecule has 98 valence electrons. The van der Waals surface area contributed by atoms with E-state index in [0.717, 1.165) is 11.7 Å². The van der Waals surface area contributed by atoms with Gasteiger partial charge in [-0.15, -0.1) is 0 Å². The normalized spacial score (nSPS) is 13.7. The van der Waals surface area contributed by atoms with Gasteiger partial charge in [0.1, 0.15) is 16.3 Å². The molecule has 0 radical (unpaired) electrons. The number of benzene rings is 1. The maximum atomic E-state index is 11.9. The van der Waals surface area contributed by atoms with Gasteiger partial charge in [0.2, 0.25) is 10.0 Å². The highest BCUT2D eigenvalue weighted by atomic mass is 35.5. The molecule has 0 bridgehead atoms. The minimum Gasteiger partial charge on any atom is -0.395 e. The fourth-order valence-corrected chi connectivity index (χ4v) is 2.95. The summed E-state index contributed by atoms with van der Waals surface area (Å²) in [7, 11) is -3.70. The number of sulfonamides is 1. The van der Waals surface area contributed by atoms with Crippen LogP contribution < -0.4 is 4.72 Å². The molecule has 2 aromatic rings. The van der Waals surface area contributed by atoms with Gasteiger partial charge < -0.3 is 5.11 Å². The predicted molar refractivity (Wildman–Crippen MR) is 71.5 cm³/mol. The van der Waals surface area contributed by atoms with Crippen molar-refractivity contribution >= 4 is 50.1 Å². The van der Waals surface area contributed by atoms with Crippen molar-refractivity contribution in [2.75, 3.05) is 11.3 Å². The molecule has 1 unspecified atom stereocenters. The minimum atomic E-state index is -3.70. The number of anilines is 1. The van der Waals surface area contributed by atoms with E-state index in [4.69, 9.17) is 16.7 Å². The maximum Gasteiger partial charge on any atom is 0.237 e. The molecule has 9 heteroatoms. The molecule has 0 aliphatic heterocycles. The summed E-state index contributed by atoms with van der Waals surface area (Å²) in [6.07, 6.45) is 0. The van der Waals surface area contributed by atoms with Gasteiger partial charge in [0.05, 0.1) is 29.0 Å². The van der Waals surface area contributed by atoms with Gasteiger partial charge in [-0.05, 0) is 19.1 Å². The number of nitrogens with one attached hydrogen (secondary N) is 1. The standard InChI is InChI=1S/C9H10ClN3O3S2/c1-5(4-14)18(15,16)13-8-6(10)2-3-7-9(8)12-17-11-7/h2-3,5,13-14H,4H2,1H3. The molecule has 18 heavy (non-hydrogen) atoms. The van der Waals surface area contributed by atoms with Gasteiger partial charge in [-0.25, -0.2) is 8.42 Å². The summed E-state index contributed by atoms with van der Waals surface area (Å²) in [5.74, 6) is 0. The summed E-state index contributed by atoms with van der Waals surface area (Å²) in [5.41, 5.74) is 1.17. The lowest BCUT2D eigenvalue weighted by molar-refractivity contribution is 0.296. The number of fused-ring (bicyclic) bond motifs is 1. The van der Waals surface area contributed by atoms with Gasteiger partial charge in [0, 0.05) is 0 Å². The van der Waals surface area contributed by atoms with Crippen molar-refractivity contribution in [3.8, 4) is 0 Å². The number of rotatable bonds is 4. The zero-order valence-corrected chi connectivity index (χ0v) is 11.7. The first kappa shape index (κ1) is 13.5. The van der Waals surface area contributed by atoms with Crippen LogP contribution in [0.2, 0.25) is 5.02 Å². The molecule has 1 aromatic heterocycles. The Hall–Kier alpha value is -0.960. The molecule has 0 amide bonds. The first-order valence-corrected chi connectivity index (χ1v) is 7.64. The van der Waals surface area contributed by atoms with E-state index >= 15 is 0 Å². The number of hydrogen-bond acceptors (Lipinski definition) is 6. The predicted octanol–water partition coefficient (Wildman–Crippen LogP) is 1.47. The zero-order valence-electron chi connectivity index (χ0n) is 9.29. The quantitative estimate of drug-likeness (QED) is 0.892. The number of aromatic nitrogens is 2. The van der Waals surface area contributed by atoms with Crippen LogP contribution in [0.3, 0.4) is 0 Å². The van der Waals surface area contributed by atoms with E-state index in [-0.39, 0.29) is 10.7 Å². The summed E-state index contributed by atoms with van der Waals surface area (Å²) in [6.45, 7) is 0.925. The highest BCUT2D eigenvalue weighted by Gasteiger charge is 2.22. The fourth-order valence-electron chi connectivity index (χ4n) is 1.26. The average molecular weight is 308 g/mol. The Morgan fingerprint density at radius 2 is 2.22 bits per heavy atom. The first-order valence-electron chi connectivity index (χ1n) is 4.99. The largest absolute Gasteiger partial charge is 0.395 e. The number of halogens is 1. The molecule has 1 atom stereocenters. The van der Waals surface area contributed by atoms with Gasteiger partial charge in [0.15, 0.2) is 0 Å². The molecule has 0 saturated carbocycles. The lowest BCUT2D eigenvalue weighted by Gasteiger charge is -2.13. The topological polar surface area (TPSA) is 92.2 Å². The van der Waals surface area contributed by atoms with Crippen molar-refractivity contribution in [3.63, 3.8) is 0 Å². The van der Waals surface area contributed by atoms with Crippen molar-refractivity contribution in [2.45, 2.75) is 12.2 Å². The molecular weight excluding hydrogens is 298 g/mol. The van der Waals surface area contributed by atoms with Gasteiger partial charge in [-0.3, -0.25) is 4.72 Å². The van der Waals surface area contributed by atoms with Crippen LogP contribution in [0.25, 0.3) is 11.0 Å². The van der Waals surface area contributed by atoms with Crippen LogP contribution in [0.1, 0.15) is 6.92 Å². The Morgan fingerprint density at radius 3 is 2.89 bits per heavy atom. The molecule has 0 aliphatic rings. The van der Waals surface area contributed by atoms with E-state index < -0.39 is 21.9 Å². The summed E-state index contributed by atoms with van der Waals surface area (Å²) >= 11 is 6.93. The highest BCUT2D eigenvalue weighted by Crippen LogP contribution is 2.31. The second kappa shape index (κ2) is 4.96. The molecule has 0 spiro atoms. The third-order valence-electron chi connectivity index (χ3n) is 2.41. The van der Waals surface area contributed by atoms with Crippen molar-refractivity contribution in [1.29, 1.82) is 0 Å². The Balaban J connectivity index is 2.49. The van der Waals surface area contributed by atoms with E-state index in [2.05, 4.69) is 13.5 Å². The average Bonchev–Trinajstić information content (AvgIpc) is 2.80. The molecule has 1 heterocycles. The molecule has 2 rings (SSSR count). The lowest BCUT2D eigenvalue weighted by Crippen LogP contribution is -2.28. The first-order chi connectivity index (χ1) is 8.45. The van der Waals surface area contributed by atoms with E-state index in [1.165, 1.54) is 6.92 Å². The number of aliphatic hydroxyl groups excluding tert-OH is 1. The number of hydrogen-bond donors (Lipinski definition) is 2. The van der Waals surface area contributed by atoms with Gasteiger partial charge in [0.25, 0.3) is 0 Å². The van der Waals surface area contributed by atoms with Crippen molar-refractivity contribution in [1.82, 2.24) is 8.75 Å². The van der Waals surface area contributed by atoms with Gasteiger partial charge in [-0.1, -0.05) is 11.6 Å². The Morgan fingerprint density at radius 1 is 1.50 bits per heavy atom. The molecule has 0 fully saturated rings. The minimum absolute atomic E-state index is 0.197. The van der Waals surface area contributed by atoms with Crippen molar-refractivity contribution in [3.05, 3.63) is 17.2 Å². The number of aliphatic hydroxyl groups is 1. The third kappa shape index (κ3) is 2.41. The van der Waals surface area contributed by atoms with Gasteiger partial charge >= 0.3 is 0 Å². The lowest BCUT2D eigenvalue weighted by atomic mass is 10.3. The van der Waals surface area contributed by atoms with E-state index in [1.807, 2.05) is 0 Å². The Bertz CT molecular complexity index is 671. The molecule has 0 aliphatic carbocycles. The molecule has 2 N–H and O–H groups in total. The second-order valence-electron chi connectivity index (χ2n) is 3.69. The third-order valence-corrected chi connectivity index (χ3v) is 4.96. The van der Waals surface area contributed by atoms with Crippen LogP contribution in [0.4, 0.5) is 5.69 Å². The monoisotopic (exact) mass is 307 g/mol. The fraction of sp³-hybridized carbons (Fsp3) is 0.333. The summed E-state index contributed by atoms with van der Waals surface area (Å²) in [5, 5.41) is 8.22. The van der Waals surface area contributed by atoms with Crippen LogP contribution in [0.5, 0.6) is 0 Å². The second-order valence-corrected chi connectivity index (χ2v) is 6.73. The molecular formula is C9H10ClN3O3S2. The summed E-state index contributed by atoms with van der Waals surface area (Å²) in [6, 6.07) is 3.21. The summed E-state index contributed by atoms with van der Waals surface area (Å²) < 4.78 is 34.1. The van der Waals surface area contributed by atoms with Crippen molar-refractivity contribution < 1.29 is 13.5 Å². The SMILES string of the molecule is CC(CO)S(=O)(=O)Nc1c(Cl)ccc2nsnc12. The van der Waals surface area contributed by atoms with E-state index in [9.17, 15) is 8.42 Å². The van der Waals surface area contributed by atoms with E-state index in [1.54, 1.807) is 12.1 Å². The van der Waals surface area contributed by atoms with Crippen LogP contribution >= 0.6 is 23.3 Å². The van der Waals surface area contributed by atoms with Gasteiger partial charge in [-0.2, -0.15) is 8.75 Å². The molecule has 1 aromatic carbocycles. The van der Waals surface area contributed by atoms with E-state index in [0.29, 0.717) is 11.0 Å². The van der Waals surface area contributed by atoms with Crippen molar-refractivity contribution in [2.24, 2.45) is 0 Å². The molecule has 0 saturated heterocycles. The smallest absolute Gasteiger partial charge is 0.237 e. The van der Waals surface area contributed by atoms with Crippen LogP contribution in [-0.2, 0) is 10.0 Å². The maximum absolute atomic E-state index is 11.9. The van der Waals surface area contributed by atoms with Crippen LogP contribution in [-0.4, -0.2) is 34.1 Å². The zero-order chi connectivity index (χ0) is 13.3. The molecule has 6 nitrogen and oxygen atoms in total. The summed E-state index contributed by atoms with van der Waals surface area (Å²) in [4.78, 5) is 0. The highest BCUT2D eigenvalue weighted by molar-refractivity contribution is 7.93. The Labute approximate surface area is 113 Å². The number of nitrogens with zero attached hydrogens (tertiary/aromatic N) is 2. The Kier molecular flexibility index (Phi) is 3.71. The van der Waals surface area contributed by atoms with Crippen LogP contribution in [0.15, 0.2) is 12.1 Å². The van der Waals surface area contributed by atoms with Crippen LogP contribution in [0, 0.1) is 0 Å².